The second-order valence-electron chi connectivity index (χ2n) is 5.95. The van der Waals surface area contributed by atoms with Crippen molar-refractivity contribution in [2.45, 2.75) is 50.4 Å². The molecule has 104 valence electrons. The Hall–Kier alpha value is -0.0900. The summed E-state index contributed by atoms with van der Waals surface area (Å²) >= 11 is 3.52. The highest BCUT2D eigenvalue weighted by Gasteiger charge is 2.30. The van der Waals surface area contributed by atoms with Crippen molar-refractivity contribution >= 4 is 21.8 Å². The van der Waals surface area contributed by atoms with Crippen LogP contribution in [0.25, 0.3) is 0 Å². The van der Waals surface area contributed by atoms with Crippen LogP contribution in [-0.2, 0) is 4.79 Å². The number of rotatable bonds is 3. The Morgan fingerprint density at radius 1 is 1.11 bits per heavy atom. The van der Waals surface area contributed by atoms with E-state index >= 15 is 0 Å². The zero-order valence-electron chi connectivity index (χ0n) is 11.6. The minimum absolute atomic E-state index is 0.0180. The van der Waals surface area contributed by atoms with Crippen molar-refractivity contribution < 1.29 is 4.79 Å². The van der Waals surface area contributed by atoms with Gasteiger partial charge in [-0.25, -0.2) is 0 Å². The molecule has 2 rings (SSSR count). The monoisotopic (exact) mass is 316 g/mol. The second-order valence-corrected chi connectivity index (χ2v) is 6.93. The quantitative estimate of drug-likeness (QED) is 0.747. The average Bonchev–Trinajstić information content (AvgIpc) is 2.91. The summed E-state index contributed by atoms with van der Waals surface area (Å²) in [5, 5.41) is 0. The van der Waals surface area contributed by atoms with Gasteiger partial charge in [0.25, 0.3) is 0 Å². The molecule has 2 aliphatic rings. The van der Waals surface area contributed by atoms with Crippen LogP contribution in [0.5, 0.6) is 0 Å². The van der Waals surface area contributed by atoms with E-state index in [0.717, 1.165) is 32.2 Å². The summed E-state index contributed by atoms with van der Waals surface area (Å²) in [6.07, 6.45) is 5.50. The first-order chi connectivity index (χ1) is 8.59. The van der Waals surface area contributed by atoms with Gasteiger partial charge in [0.1, 0.15) is 0 Å². The van der Waals surface area contributed by atoms with Crippen molar-refractivity contribution in [2.75, 3.05) is 26.2 Å². The Kier molecular flexibility index (Phi) is 5.07. The van der Waals surface area contributed by atoms with Crippen LogP contribution in [0.15, 0.2) is 0 Å². The molecule has 0 aromatic heterocycles. The van der Waals surface area contributed by atoms with Gasteiger partial charge in [0.05, 0.1) is 4.83 Å². The molecule has 0 N–H and O–H groups in total. The molecule has 18 heavy (non-hydrogen) atoms. The first kappa shape index (κ1) is 14.3. The van der Waals surface area contributed by atoms with Crippen molar-refractivity contribution in [3.63, 3.8) is 0 Å². The van der Waals surface area contributed by atoms with Crippen molar-refractivity contribution in [1.82, 2.24) is 9.80 Å². The molecular weight excluding hydrogens is 292 g/mol. The average molecular weight is 317 g/mol. The molecule has 1 aliphatic carbocycles. The third-order valence-electron chi connectivity index (χ3n) is 4.29. The van der Waals surface area contributed by atoms with Crippen LogP contribution >= 0.6 is 15.9 Å². The summed E-state index contributed by atoms with van der Waals surface area (Å²) in [4.78, 5) is 16.8. The molecule has 0 radical (unpaired) electrons. The van der Waals surface area contributed by atoms with Crippen molar-refractivity contribution in [1.29, 1.82) is 0 Å². The fourth-order valence-electron chi connectivity index (χ4n) is 3.04. The predicted molar refractivity (Wildman–Crippen MR) is 78.0 cm³/mol. The molecule has 0 aromatic carbocycles. The Bertz CT molecular complexity index is 282. The number of piperazine rings is 1. The summed E-state index contributed by atoms with van der Waals surface area (Å²) < 4.78 is 0. The fraction of sp³-hybridized carbons (Fsp3) is 0.929. The molecule has 1 aliphatic heterocycles. The van der Waals surface area contributed by atoms with E-state index in [0.29, 0.717) is 5.92 Å². The topological polar surface area (TPSA) is 23.6 Å². The van der Waals surface area contributed by atoms with E-state index in [1.807, 2.05) is 4.90 Å². The number of alkyl halides is 1. The molecule has 1 unspecified atom stereocenters. The van der Waals surface area contributed by atoms with Crippen molar-refractivity contribution in [3.8, 4) is 0 Å². The van der Waals surface area contributed by atoms with Crippen molar-refractivity contribution in [2.24, 2.45) is 5.92 Å². The maximum absolute atomic E-state index is 12.2. The zero-order valence-corrected chi connectivity index (χ0v) is 13.2. The maximum Gasteiger partial charge on any atom is 0.236 e. The zero-order chi connectivity index (χ0) is 13.1. The molecule has 0 aromatic rings. The lowest BCUT2D eigenvalue weighted by Crippen LogP contribution is -2.53. The number of halogens is 1. The number of hydrogen-bond donors (Lipinski definition) is 0. The van der Waals surface area contributed by atoms with E-state index in [-0.39, 0.29) is 10.7 Å². The maximum atomic E-state index is 12.2. The van der Waals surface area contributed by atoms with Crippen molar-refractivity contribution in [3.05, 3.63) is 0 Å². The Balaban J connectivity index is 1.80. The number of amides is 1. The molecule has 1 atom stereocenters. The molecule has 4 heteroatoms. The first-order valence-electron chi connectivity index (χ1n) is 7.26. The number of carbonyl (C=O) groups excluding carboxylic acids is 1. The van der Waals surface area contributed by atoms with E-state index < -0.39 is 0 Å². The van der Waals surface area contributed by atoms with Crippen LogP contribution in [-0.4, -0.2) is 52.8 Å². The van der Waals surface area contributed by atoms with Crippen LogP contribution in [0.2, 0.25) is 0 Å². The van der Waals surface area contributed by atoms with Gasteiger partial charge in [-0.05, 0) is 18.8 Å². The SMILES string of the molecule is CC(C)C(Br)C(=O)N1CCN(C2CCCC2)CC1. The highest BCUT2D eigenvalue weighted by Crippen LogP contribution is 2.25. The van der Waals surface area contributed by atoms with Crippen LogP contribution < -0.4 is 0 Å². The summed E-state index contributed by atoms with van der Waals surface area (Å²) in [7, 11) is 0. The normalized spacial score (nSPS) is 24.8. The number of hydrogen-bond acceptors (Lipinski definition) is 2. The minimum atomic E-state index is -0.0180. The molecule has 2 fully saturated rings. The van der Waals surface area contributed by atoms with Gasteiger partial charge in [-0.2, -0.15) is 0 Å². The molecule has 3 nitrogen and oxygen atoms in total. The Morgan fingerprint density at radius 2 is 1.67 bits per heavy atom. The van der Waals surface area contributed by atoms with Crippen LogP contribution in [0.4, 0.5) is 0 Å². The van der Waals surface area contributed by atoms with Crippen LogP contribution in [0.3, 0.4) is 0 Å². The Morgan fingerprint density at radius 3 is 2.17 bits per heavy atom. The highest BCUT2D eigenvalue weighted by molar-refractivity contribution is 9.10. The molecule has 0 bridgehead atoms. The molecule has 1 saturated heterocycles. The predicted octanol–water partition coefficient (Wildman–Crippen LogP) is 2.49. The van der Waals surface area contributed by atoms with E-state index in [1.54, 1.807) is 0 Å². The van der Waals surface area contributed by atoms with Gasteiger partial charge in [0, 0.05) is 32.2 Å². The molecular formula is C14H25BrN2O. The Labute approximate surface area is 119 Å². The van der Waals surface area contributed by atoms with E-state index in [1.165, 1.54) is 25.7 Å². The largest absolute Gasteiger partial charge is 0.339 e. The molecule has 1 amide bonds. The van der Waals surface area contributed by atoms with Gasteiger partial charge in [-0.1, -0.05) is 42.6 Å². The lowest BCUT2D eigenvalue weighted by atomic mass is 10.1. The lowest BCUT2D eigenvalue weighted by molar-refractivity contribution is -0.133. The summed E-state index contributed by atoms with van der Waals surface area (Å²) in [5.74, 6) is 0.640. The lowest BCUT2D eigenvalue weighted by Gasteiger charge is -2.39. The van der Waals surface area contributed by atoms with Gasteiger partial charge in [0.15, 0.2) is 0 Å². The highest BCUT2D eigenvalue weighted by atomic mass is 79.9. The van der Waals surface area contributed by atoms with Gasteiger partial charge < -0.3 is 4.90 Å². The fourth-order valence-corrected chi connectivity index (χ4v) is 3.33. The summed E-state index contributed by atoms with van der Waals surface area (Å²) in [6, 6.07) is 0.798. The van der Waals surface area contributed by atoms with Gasteiger partial charge in [-0.15, -0.1) is 0 Å². The number of carbonyl (C=O) groups is 1. The van der Waals surface area contributed by atoms with Gasteiger partial charge in [0.2, 0.25) is 5.91 Å². The second kappa shape index (κ2) is 6.38. The standard InChI is InChI=1S/C14H25BrN2O/c1-11(2)13(15)14(18)17-9-7-16(8-10-17)12-5-3-4-6-12/h11-13H,3-10H2,1-2H3. The smallest absolute Gasteiger partial charge is 0.236 e. The molecule has 1 heterocycles. The van der Waals surface area contributed by atoms with Crippen LogP contribution in [0, 0.1) is 5.92 Å². The summed E-state index contributed by atoms with van der Waals surface area (Å²) in [6.45, 7) is 8.12. The number of nitrogens with zero attached hydrogens (tertiary/aromatic N) is 2. The molecule has 1 saturated carbocycles. The van der Waals surface area contributed by atoms with Gasteiger partial charge in [-0.3, -0.25) is 9.69 Å². The molecule has 0 spiro atoms. The van der Waals surface area contributed by atoms with Crippen LogP contribution in [0.1, 0.15) is 39.5 Å². The van der Waals surface area contributed by atoms with Gasteiger partial charge >= 0.3 is 0 Å². The van der Waals surface area contributed by atoms with E-state index in [9.17, 15) is 4.79 Å². The van der Waals surface area contributed by atoms with E-state index in [2.05, 4.69) is 34.7 Å². The van der Waals surface area contributed by atoms with E-state index in [4.69, 9.17) is 0 Å². The summed E-state index contributed by atoms with van der Waals surface area (Å²) in [5.41, 5.74) is 0. The third-order valence-corrected chi connectivity index (χ3v) is 5.74. The first-order valence-corrected chi connectivity index (χ1v) is 8.18. The minimum Gasteiger partial charge on any atom is -0.339 e. The third kappa shape index (κ3) is 3.27.